The first-order chi connectivity index (χ1) is 4.95. The summed E-state index contributed by atoms with van der Waals surface area (Å²) in [5.41, 5.74) is 0. The van der Waals surface area contributed by atoms with E-state index in [1.165, 1.54) is 6.92 Å². The first-order valence-corrected chi connectivity index (χ1v) is 3.97. The minimum absolute atomic E-state index is 0.0129. The number of ketones is 2. The fraction of sp³-hybridized carbons (Fsp3) is 0.778. The van der Waals surface area contributed by atoms with Gasteiger partial charge < -0.3 is 0 Å². The lowest BCUT2D eigenvalue weighted by atomic mass is 9.91. The van der Waals surface area contributed by atoms with E-state index < -0.39 is 0 Å². The molecule has 0 heterocycles. The zero-order valence-corrected chi connectivity index (χ0v) is 7.68. The molecule has 0 aromatic heterocycles. The van der Waals surface area contributed by atoms with E-state index in [4.69, 9.17) is 0 Å². The highest BCUT2D eigenvalue weighted by Gasteiger charge is 2.17. The van der Waals surface area contributed by atoms with Crippen molar-refractivity contribution in [3.63, 3.8) is 0 Å². The lowest BCUT2D eigenvalue weighted by molar-refractivity contribution is -0.128. The maximum Gasteiger partial charge on any atom is 0.143 e. The molecule has 0 aromatic rings. The molecule has 0 amide bonds. The standard InChI is InChI=1S/C9H16O2/c1-6(2)8(4)9(11)5-7(3)10/h6,8H,5H2,1-4H3/t8-/m0/s1. The summed E-state index contributed by atoms with van der Waals surface area (Å²) in [6, 6.07) is 0. The van der Waals surface area contributed by atoms with Gasteiger partial charge in [0.2, 0.25) is 0 Å². The fourth-order valence-electron chi connectivity index (χ4n) is 0.778. The van der Waals surface area contributed by atoms with Crippen molar-refractivity contribution in [2.45, 2.75) is 34.1 Å². The molecule has 0 aliphatic heterocycles. The van der Waals surface area contributed by atoms with E-state index in [2.05, 4.69) is 0 Å². The Kier molecular flexibility index (Phi) is 4.01. The molecule has 2 heteroatoms. The van der Waals surface area contributed by atoms with E-state index in [1.54, 1.807) is 0 Å². The number of rotatable bonds is 4. The van der Waals surface area contributed by atoms with E-state index in [9.17, 15) is 9.59 Å². The summed E-state index contributed by atoms with van der Waals surface area (Å²) >= 11 is 0. The largest absolute Gasteiger partial charge is 0.300 e. The zero-order chi connectivity index (χ0) is 9.02. The molecule has 1 atom stereocenters. The summed E-state index contributed by atoms with van der Waals surface area (Å²) in [7, 11) is 0. The van der Waals surface area contributed by atoms with Crippen LogP contribution in [0.15, 0.2) is 0 Å². The third kappa shape index (κ3) is 3.91. The third-order valence-corrected chi connectivity index (χ3v) is 1.93. The first-order valence-electron chi connectivity index (χ1n) is 3.97. The van der Waals surface area contributed by atoms with E-state index in [0.717, 1.165) is 0 Å². The van der Waals surface area contributed by atoms with Crippen LogP contribution in [0.3, 0.4) is 0 Å². The number of carbonyl (C=O) groups is 2. The Morgan fingerprint density at radius 1 is 1.18 bits per heavy atom. The van der Waals surface area contributed by atoms with Crippen LogP contribution in [-0.2, 0) is 9.59 Å². The van der Waals surface area contributed by atoms with E-state index in [1.807, 2.05) is 20.8 Å². The van der Waals surface area contributed by atoms with Gasteiger partial charge in [-0.2, -0.15) is 0 Å². The first kappa shape index (κ1) is 10.3. The maximum absolute atomic E-state index is 11.2. The Morgan fingerprint density at radius 2 is 1.64 bits per heavy atom. The number of hydrogen-bond donors (Lipinski definition) is 0. The Balaban J connectivity index is 3.93. The topological polar surface area (TPSA) is 34.1 Å². The average Bonchev–Trinajstić information content (AvgIpc) is 1.84. The molecule has 0 unspecified atom stereocenters. The number of hydrogen-bond acceptors (Lipinski definition) is 2. The summed E-state index contributed by atoms with van der Waals surface area (Å²) in [5.74, 6) is 0.371. The predicted octanol–water partition coefficient (Wildman–Crippen LogP) is 1.83. The van der Waals surface area contributed by atoms with Gasteiger partial charge in [-0.3, -0.25) is 9.59 Å². The van der Waals surface area contributed by atoms with Crippen molar-refractivity contribution in [3.05, 3.63) is 0 Å². The molecule has 0 N–H and O–H groups in total. The van der Waals surface area contributed by atoms with Crippen LogP contribution in [0.1, 0.15) is 34.1 Å². The number of carbonyl (C=O) groups excluding carboxylic acids is 2. The molecule has 0 rings (SSSR count). The van der Waals surface area contributed by atoms with E-state index >= 15 is 0 Å². The van der Waals surface area contributed by atoms with E-state index in [0.29, 0.717) is 5.92 Å². The third-order valence-electron chi connectivity index (χ3n) is 1.93. The molecule has 11 heavy (non-hydrogen) atoms. The Morgan fingerprint density at radius 3 is 1.91 bits per heavy atom. The van der Waals surface area contributed by atoms with Crippen molar-refractivity contribution in [2.75, 3.05) is 0 Å². The van der Waals surface area contributed by atoms with Gasteiger partial charge in [-0.15, -0.1) is 0 Å². The Labute approximate surface area is 68.0 Å². The van der Waals surface area contributed by atoms with Crippen LogP contribution in [0.2, 0.25) is 0 Å². The summed E-state index contributed by atoms with van der Waals surface area (Å²) in [4.78, 5) is 21.7. The SMILES string of the molecule is CC(=O)CC(=O)[C@@H](C)C(C)C. The van der Waals surface area contributed by atoms with Crippen molar-refractivity contribution >= 4 is 11.6 Å². The molecule has 0 aliphatic carbocycles. The van der Waals surface area contributed by atoms with Crippen molar-refractivity contribution < 1.29 is 9.59 Å². The monoisotopic (exact) mass is 156 g/mol. The van der Waals surface area contributed by atoms with Gasteiger partial charge in [0, 0.05) is 5.92 Å². The second-order valence-corrected chi connectivity index (χ2v) is 3.38. The van der Waals surface area contributed by atoms with Gasteiger partial charge >= 0.3 is 0 Å². The van der Waals surface area contributed by atoms with Gasteiger partial charge in [-0.25, -0.2) is 0 Å². The van der Waals surface area contributed by atoms with Crippen LogP contribution in [0.4, 0.5) is 0 Å². The smallest absolute Gasteiger partial charge is 0.143 e. The van der Waals surface area contributed by atoms with Gasteiger partial charge in [0.25, 0.3) is 0 Å². The summed E-state index contributed by atoms with van der Waals surface area (Å²) < 4.78 is 0. The highest BCUT2D eigenvalue weighted by molar-refractivity contribution is 5.98. The predicted molar refractivity (Wildman–Crippen MR) is 44.3 cm³/mol. The van der Waals surface area contributed by atoms with Crippen LogP contribution in [0.25, 0.3) is 0 Å². The van der Waals surface area contributed by atoms with Gasteiger partial charge in [0.15, 0.2) is 0 Å². The van der Waals surface area contributed by atoms with Gasteiger partial charge in [0.05, 0.1) is 6.42 Å². The zero-order valence-electron chi connectivity index (χ0n) is 7.68. The van der Waals surface area contributed by atoms with Crippen LogP contribution in [0.5, 0.6) is 0 Å². The lowest BCUT2D eigenvalue weighted by Gasteiger charge is -2.12. The van der Waals surface area contributed by atoms with Gasteiger partial charge in [-0.05, 0) is 12.8 Å². The normalized spacial score (nSPS) is 13.2. The van der Waals surface area contributed by atoms with Gasteiger partial charge in [0.1, 0.15) is 11.6 Å². The average molecular weight is 156 g/mol. The van der Waals surface area contributed by atoms with Crippen LogP contribution in [0, 0.1) is 11.8 Å². The highest BCUT2D eigenvalue weighted by Crippen LogP contribution is 2.12. The molecule has 64 valence electrons. The highest BCUT2D eigenvalue weighted by atomic mass is 16.1. The molecule has 0 radical (unpaired) electrons. The summed E-state index contributed by atoms with van der Waals surface area (Å²) in [6.45, 7) is 7.30. The van der Waals surface area contributed by atoms with Crippen molar-refractivity contribution in [3.8, 4) is 0 Å². The van der Waals surface area contributed by atoms with Crippen molar-refractivity contribution in [1.82, 2.24) is 0 Å². The summed E-state index contributed by atoms with van der Waals surface area (Å²) in [6.07, 6.45) is 0.0966. The number of Topliss-reactive ketones (excluding diaryl/α,β-unsaturated/α-hetero) is 2. The Bertz CT molecular complexity index is 159. The van der Waals surface area contributed by atoms with Crippen molar-refractivity contribution in [2.24, 2.45) is 11.8 Å². The molecule has 0 fully saturated rings. The molecule has 2 nitrogen and oxygen atoms in total. The molecular weight excluding hydrogens is 140 g/mol. The van der Waals surface area contributed by atoms with Crippen LogP contribution < -0.4 is 0 Å². The van der Waals surface area contributed by atoms with Crippen molar-refractivity contribution in [1.29, 1.82) is 0 Å². The lowest BCUT2D eigenvalue weighted by Crippen LogP contribution is -2.18. The van der Waals surface area contributed by atoms with E-state index in [-0.39, 0.29) is 23.9 Å². The second-order valence-electron chi connectivity index (χ2n) is 3.38. The molecule has 0 bridgehead atoms. The Hall–Kier alpha value is -0.660. The molecule has 0 aromatic carbocycles. The summed E-state index contributed by atoms with van der Waals surface area (Å²) in [5, 5.41) is 0. The maximum atomic E-state index is 11.2. The molecule has 0 saturated heterocycles. The van der Waals surface area contributed by atoms with Crippen LogP contribution in [-0.4, -0.2) is 11.6 Å². The van der Waals surface area contributed by atoms with Gasteiger partial charge in [-0.1, -0.05) is 20.8 Å². The minimum atomic E-state index is -0.0394. The fourth-order valence-corrected chi connectivity index (χ4v) is 0.778. The second kappa shape index (κ2) is 4.27. The molecular formula is C9H16O2. The molecule has 0 saturated carbocycles. The quantitative estimate of drug-likeness (QED) is 0.582. The minimum Gasteiger partial charge on any atom is -0.300 e. The molecule has 0 aliphatic rings. The van der Waals surface area contributed by atoms with Crippen LogP contribution >= 0.6 is 0 Å². The molecule has 0 spiro atoms.